The monoisotopic (exact) mass is 1040 g/mol. The molecule has 9 rings (SSSR count). The molecular formula is C58H76N8O6S2. The number of piperazine rings is 1. The number of ketones is 3. The zero-order chi connectivity index (χ0) is 51.9. The second-order valence-corrected chi connectivity index (χ2v) is 23.4. The van der Waals surface area contributed by atoms with Gasteiger partial charge in [-0.05, 0) is 132 Å². The van der Waals surface area contributed by atoms with Crippen LogP contribution in [0.25, 0.3) is 0 Å². The zero-order valence-electron chi connectivity index (χ0n) is 43.9. The minimum Gasteiger partial charge on any atom is -0.368 e. The standard InChI is InChI=1S/C58H76N8O6S2/c1-5-37(2)54(70)62-51(40-16-10-7-11-17-40)58(72)66-29-13-19-49(66)56-61-47(36-74-56)53(69)42-22-26-44(27-23-42)64-32-30-63(31-33-64)43-24-20-41(21-25-43)52(68)46-35-73-55(60-46)48-18-12-28-65(48)57(71)45(34-50(67)38(3)59-4)39-14-8-6-9-15-39/h20-27,35-40,45,48-49,51,59H,5-19,28-34H2,1-4H3,(H,62,70)/t37-,38+,45+,48+,49+,51+/m1/s1. The molecule has 3 amide bonds. The van der Waals surface area contributed by atoms with E-state index in [2.05, 4.69) is 20.4 Å². The number of benzene rings is 2. The second kappa shape index (κ2) is 24.6. The van der Waals surface area contributed by atoms with Crippen LogP contribution in [0.15, 0.2) is 59.3 Å². The molecule has 5 heterocycles. The number of anilines is 2. The molecule has 14 nitrogen and oxygen atoms in total. The van der Waals surface area contributed by atoms with Gasteiger partial charge in [0, 0.05) is 90.8 Å². The highest BCUT2D eigenvalue weighted by Gasteiger charge is 2.42. The number of thiazole rings is 2. The molecule has 396 valence electrons. The number of nitrogens with one attached hydrogen (secondary N) is 2. The van der Waals surface area contributed by atoms with Crippen LogP contribution in [-0.4, -0.2) is 113 Å². The van der Waals surface area contributed by atoms with E-state index < -0.39 is 6.04 Å². The molecule has 16 heteroatoms. The topological polar surface area (TPSA) is 165 Å². The highest BCUT2D eigenvalue weighted by molar-refractivity contribution is 7.10. The van der Waals surface area contributed by atoms with Crippen molar-refractivity contribution in [1.29, 1.82) is 0 Å². The molecule has 4 aromatic rings. The fraction of sp³-hybridized carbons (Fsp3) is 0.586. The van der Waals surface area contributed by atoms with Gasteiger partial charge in [0.2, 0.25) is 29.3 Å². The highest BCUT2D eigenvalue weighted by Crippen LogP contribution is 2.41. The summed E-state index contributed by atoms with van der Waals surface area (Å²) in [6.07, 6.45) is 14.8. The lowest BCUT2D eigenvalue weighted by Gasteiger charge is -2.37. The molecule has 2 aromatic carbocycles. The Hall–Kier alpha value is -5.32. The average Bonchev–Trinajstić information content (AvgIpc) is 4.32. The summed E-state index contributed by atoms with van der Waals surface area (Å²) in [4.78, 5) is 101. The van der Waals surface area contributed by atoms with E-state index in [0.717, 1.165) is 137 Å². The SMILES string of the molecule is CC[C@@H](C)C(=O)N[C@H](C(=O)N1CCC[C@H]1c1nc(C(=O)c2ccc(N3CCN(c4ccc(C(=O)c5csc([C@@H]6CCCN6C(=O)[C@@H](CC(=O)[C@H](C)NC)C6CCCCC6)n5)cc4)CC3)cc2)cs1)C1CCCCC1. The van der Waals surface area contributed by atoms with Gasteiger partial charge in [-0.1, -0.05) is 52.4 Å². The van der Waals surface area contributed by atoms with Gasteiger partial charge in [-0.15, -0.1) is 22.7 Å². The Morgan fingerprint density at radius 1 is 0.595 bits per heavy atom. The molecule has 5 fully saturated rings. The first kappa shape index (κ1) is 53.5. The van der Waals surface area contributed by atoms with Crippen LogP contribution in [0.4, 0.5) is 11.4 Å². The van der Waals surface area contributed by atoms with Crippen LogP contribution in [0.5, 0.6) is 0 Å². The van der Waals surface area contributed by atoms with E-state index in [1.807, 2.05) is 89.9 Å². The molecule has 0 spiro atoms. The number of likely N-dealkylation sites (N-methyl/N-ethyl adjacent to an activating group) is 1. The predicted molar refractivity (Wildman–Crippen MR) is 292 cm³/mol. The first-order valence-electron chi connectivity index (χ1n) is 27.7. The van der Waals surface area contributed by atoms with E-state index >= 15 is 0 Å². The Morgan fingerprint density at radius 2 is 1.05 bits per heavy atom. The van der Waals surface area contributed by atoms with Crippen LogP contribution < -0.4 is 20.4 Å². The third-order valence-corrected chi connectivity index (χ3v) is 18.9. The molecule has 3 saturated heterocycles. The molecular weight excluding hydrogens is 969 g/mol. The van der Waals surface area contributed by atoms with Crippen molar-refractivity contribution < 1.29 is 28.8 Å². The number of nitrogens with zero attached hydrogens (tertiary/aromatic N) is 6. The number of amides is 3. The van der Waals surface area contributed by atoms with E-state index in [9.17, 15) is 28.8 Å². The summed E-state index contributed by atoms with van der Waals surface area (Å²) in [7, 11) is 1.78. The molecule has 3 aliphatic heterocycles. The van der Waals surface area contributed by atoms with Gasteiger partial charge in [0.15, 0.2) is 0 Å². The van der Waals surface area contributed by atoms with Crippen molar-refractivity contribution in [2.45, 2.75) is 148 Å². The lowest BCUT2D eigenvalue weighted by molar-refractivity contribution is -0.141. The van der Waals surface area contributed by atoms with Crippen molar-refractivity contribution in [1.82, 2.24) is 30.4 Å². The molecule has 2 aromatic heterocycles. The number of aromatic nitrogens is 2. The van der Waals surface area contributed by atoms with Gasteiger partial charge < -0.3 is 30.2 Å². The normalized spacial score (nSPS) is 21.6. The van der Waals surface area contributed by atoms with E-state index in [1.54, 1.807) is 7.05 Å². The predicted octanol–water partition coefficient (Wildman–Crippen LogP) is 9.59. The second-order valence-electron chi connectivity index (χ2n) is 21.6. The summed E-state index contributed by atoms with van der Waals surface area (Å²) in [5, 5.41) is 11.4. The van der Waals surface area contributed by atoms with Gasteiger partial charge in [0.25, 0.3) is 0 Å². The Labute approximate surface area is 445 Å². The zero-order valence-corrected chi connectivity index (χ0v) is 45.5. The van der Waals surface area contributed by atoms with Crippen LogP contribution in [0, 0.1) is 23.7 Å². The molecule has 0 radical (unpaired) electrons. The number of hydrogen-bond donors (Lipinski definition) is 2. The van der Waals surface area contributed by atoms with E-state index in [0.29, 0.717) is 35.6 Å². The summed E-state index contributed by atoms with van der Waals surface area (Å²) in [5.41, 5.74) is 4.00. The summed E-state index contributed by atoms with van der Waals surface area (Å²) < 4.78 is 0. The Kier molecular flexibility index (Phi) is 17.8. The van der Waals surface area contributed by atoms with Crippen molar-refractivity contribution in [3.63, 3.8) is 0 Å². The summed E-state index contributed by atoms with van der Waals surface area (Å²) in [6.45, 7) is 10.2. The van der Waals surface area contributed by atoms with Crippen LogP contribution in [-0.2, 0) is 19.2 Å². The average molecular weight is 1050 g/mol. The molecule has 2 saturated carbocycles. The van der Waals surface area contributed by atoms with Gasteiger partial charge in [0.1, 0.15) is 33.2 Å². The largest absolute Gasteiger partial charge is 0.368 e. The summed E-state index contributed by atoms with van der Waals surface area (Å²) >= 11 is 2.88. The first-order chi connectivity index (χ1) is 35.9. The fourth-order valence-corrected chi connectivity index (χ4v) is 14.0. The molecule has 0 unspecified atom stereocenters. The molecule has 5 aliphatic rings. The Balaban J connectivity index is 0.773. The van der Waals surface area contributed by atoms with Gasteiger partial charge in [-0.2, -0.15) is 0 Å². The molecule has 2 N–H and O–H groups in total. The maximum absolute atomic E-state index is 14.3. The first-order valence-corrected chi connectivity index (χ1v) is 29.5. The number of likely N-dealkylation sites (tertiary alicyclic amines) is 2. The van der Waals surface area contributed by atoms with Crippen molar-refractivity contribution in [2.24, 2.45) is 23.7 Å². The highest BCUT2D eigenvalue weighted by atomic mass is 32.1. The minimum absolute atomic E-state index is 0.0179. The van der Waals surface area contributed by atoms with E-state index in [-0.39, 0.29) is 83.3 Å². The third-order valence-electron chi connectivity index (χ3n) is 17.0. The maximum Gasteiger partial charge on any atom is 0.246 e. The van der Waals surface area contributed by atoms with Crippen LogP contribution in [0.2, 0.25) is 0 Å². The number of rotatable bonds is 19. The Bertz CT molecular complexity index is 2420. The van der Waals surface area contributed by atoms with Crippen molar-refractivity contribution >= 4 is 69.1 Å². The van der Waals surface area contributed by atoms with Crippen LogP contribution in [0.1, 0.15) is 178 Å². The molecule has 0 bridgehead atoms. The van der Waals surface area contributed by atoms with Gasteiger partial charge in [0.05, 0.1) is 18.1 Å². The maximum atomic E-state index is 14.3. The minimum atomic E-state index is -0.534. The quantitative estimate of drug-likeness (QED) is 0.0860. The van der Waals surface area contributed by atoms with Gasteiger partial charge in [-0.25, -0.2) is 9.97 Å². The number of carbonyl (C=O) groups is 6. The van der Waals surface area contributed by atoms with Crippen molar-refractivity contribution in [3.05, 3.63) is 91.8 Å². The van der Waals surface area contributed by atoms with Gasteiger partial charge in [-0.3, -0.25) is 28.8 Å². The fourth-order valence-electron chi connectivity index (χ4n) is 12.1. The van der Waals surface area contributed by atoms with E-state index in [1.165, 1.54) is 29.1 Å². The summed E-state index contributed by atoms with van der Waals surface area (Å²) in [6, 6.07) is 14.3. The molecule has 2 aliphatic carbocycles. The molecule has 74 heavy (non-hydrogen) atoms. The number of hydrogen-bond acceptors (Lipinski definition) is 13. The van der Waals surface area contributed by atoms with Crippen LogP contribution >= 0.6 is 22.7 Å². The van der Waals surface area contributed by atoms with Crippen molar-refractivity contribution in [3.8, 4) is 0 Å². The number of Topliss-reactive ketones (excluding diaryl/α,β-unsaturated/α-hetero) is 1. The molecule has 6 atom stereocenters. The number of carbonyl (C=O) groups excluding carboxylic acids is 6. The van der Waals surface area contributed by atoms with E-state index in [4.69, 9.17) is 9.97 Å². The lowest BCUT2D eigenvalue weighted by Crippen LogP contribution is -2.53. The lowest BCUT2D eigenvalue weighted by atomic mass is 9.76. The van der Waals surface area contributed by atoms with Crippen molar-refractivity contribution in [2.75, 3.05) is 56.1 Å². The Morgan fingerprint density at radius 3 is 1.51 bits per heavy atom. The van der Waals surface area contributed by atoms with Crippen LogP contribution in [0.3, 0.4) is 0 Å². The summed E-state index contributed by atoms with van der Waals surface area (Å²) in [5.74, 6) is -0.348. The third kappa shape index (κ3) is 12.0. The van der Waals surface area contributed by atoms with Gasteiger partial charge >= 0.3 is 0 Å². The smallest absolute Gasteiger partial charge is 0.246 e.